The standard InChI is InChI=1S/C15H20N2O3/c18-14-9-13(10-17-14)15(19)16-7-4-8-20-11-12-5-2-1-3-6-12/h1-3,5-6,13H,4,7-11H2,(H,16,19)(H,17,18). The van der Waals surface area contributed by atoms with E-state index in [9.17, 15) is 9.59 Å². The second-order valence-corrected chi connectivity index (χ2v) is 4.89. The molecule has 1 unspecified atom stereocenters. The molecule has 2 amide bonds. The molecule has 1 atom stereocenters. The summed E-state index contributed by atoms with van der Waals surface area (Å²) in [5.41, 5.74) is 1.15. The Morgan fingerprint density at radius 3 is 2.85 bits per heavy atom. The van der Waals surface area contributed by atoms with Crippen LogP contribution in [0, 0.1) is 5.92 Å². The molecule has 0 aliphatic carbocycles. The fourth-order valence-electron chi connectivity index (χ4n) is 2.08. The molecule has 5 nitrogen and oxygen atoms in total. The van der Waals surface area contributed by atoms with Gasteiger partial charge in [-0.15, -0.1) is 0 Å². The van der Waals surface area contributed by atoms with Gasteiger partial charge in [-0.3, -0.25) is 9.59 Å². The van der Waals surface area contributed by atoms with Crippen LogP contribution in [-0.4, -0.2) is 31.5 Å². The molecule has 0 radical (unpaired) electrons. The molecule has 0 aromatic heterocycles. The summed E-state index contributed by atoms with van der Waals surface area (Å²) >= 11 is 0. The van der Waals surface area contributed by atoms with Gasteiger partial charge in [-0.2, -0.15) is 0 Å². The Labute approximate surface area is 118 Å². The molecule has 108 valence electrons. The normalized spacial score (nSPS) is 17.8. The highest BCUT2D eigenvalue weighted by Gasteiger charge is 2.27. The maximum atomic E-state index is 11.7. The van der Waals surface area contributed by atoms with Crippen molar-refractivity contribution in [3.8, 4) is 0 Å². The highest BCUT2D eigenvalue weighted by molar-refractivity contribution is 5.89. The first-order chi connectivity index (χ1) is 9.75. The van der Waals surface area contributed by atoms with Gasteiger partial charge in [-0.25, -0.2) is 0 Å². The predicted molar refractivity (Wildman–Crippen MR) is 74.8 cm³/mol. The number of carbonyl (C=O) groups excluding carboxylic acids is 2. The zero-order chi connectivity index (χ0) is 14.2. The second kappa shape index (κ2) is 7.65. The number of hydrogen-bond acceptors (Lipinski definition) is 3. The van der Waals surface area contributed by atoms with Crippen LogP contribution in [0.4, 0.5) is 0 Å². The van der Waals surface area contributed by atoms with Crippen molar-refractivity contribution in [2.45, 2.75) is 19.4 Å². The topological polar surface area (TPSA) is 67.4 Å². The SMILES string of the molecule is O=C1CC(C(=O)NCCCOCc2ccccc2)CN1. The molecule has 0 saturated carbocycles. The molecular formula is C15H20N2O3. The lowest BCUT2D eigenvalue weighted by Crippen LogP contribution is -2.32. The van der Waals surface area contributed by atoms with Crippen LogP contribution >= 0.6 is 0 Å². The molecule has 0 bridgehead atoms. The van der Waals surface area contributed by atoms with Crippen LogP contribution < -0.4 is 10.6 Å². The zero-order valence-corrected chi connectivity index (χ0v) is 11.4. The molecule has 0 spiro atoms. The highest BCUT2D eigenvalue weighted by atomic mass is 16.5. The van der Waals surface area contributed by atoms with E-state index in [1.54, 1.807) is 0 Å². The molecule has 2 N–H and O–H groups in total. The van der Waals surface area contributed by atoms with E-state index in [2.05, 4.69) is 10.6 Å². The quantitative estimate of drug-likeness (QED) is 0.725. The van der Waals surface area contributed by atoms with Gasteiger partial charge in [-0.1, -0.05) is 30.3 Å². The number of benzene rings is 1. The number of hydrogen-bond donors (Lipinski definition) is 2. The first kappa shape index (κ1) is 14.5. The van der Waals surface area contributed by atoms with Gasteiger partial charge in [0.1, 0.15) is 0 Å². The van der Waals surface area contributed by atoms with E-state index in [-0.39, 0.29) is 17.7 Å². The summed E-state index contributed by atoms with van der Waals surface area (Å²) in [6, 6.07) is 9.98. The van der Waals surface area contributed by atoms with Gasteiger partial charge >= 0.3 is 0 Å². The summed E-state index contributed by atoms with van der Waals surface area (Å²) in [6.45, 7) is 2.24. The Morgan fingerprint density at radius 1 is 1.35 bits per heavy atom. The highest BCUT2D eigenvalue weighted by Crippen LogP contribution is 2.08. The number of amides is 2. The molecule has 20 heavy (non-hydrogen) atoms. The number of carbonyl (C=O) groups is 2. The number of rotatable bonds is 7. The maximum absolute atomic E-state index is 11.7. The van der Waals surface area contributed by atoms with Crippen LogP contribution in [0.5, 0.6) is 0 Å². The Hall–Kier alpha value is -1.88. The van der Waals surface area contributed by atoms with E-state index in [0.717, 1.165) is 12.0 Å². The van der Waals surface area contributed by atoms with Gasteiger partial charge in [0.15, 0.2) is 0 Å². The summed E-state index contributed by atoms with van der Waals surface area (Å²) in [5.74, 6) is -0.310. The molecule has 1 aliphatic heterocycles. The fourth-order valence-corrected chi connectivity index (χ4v) is 2.08. The fraction of sp³-hybridized carbons (Fsp3) is 0.467. The van der Waals surface area contributed by atoms with E-state index >= 15 is 0 Å². The van der Waals surface area contributed by atoms with Crippen LogP contribution in [0.2, 0.25) is 0 Å². The Balaban J connectivity index is 1.51. The summed E-state index contributed by atoms with van der Waals surface area (Å²) in [7, 11) is 0. The van der Waals surface area contributed by atoms with Gasteiger partial charge < -0.3 is 15.4 Å². The Morgan fingerprint density at radius 2 is 2.15 bits per heavy atom. The summed E-state index contributed by atoms with van der Waals surface area (Å²) in [6.07, 6.45) is 1.07. The third-order valence-electron chi connectivity index (χ3n) is 3.22. The van der Waals surface area contributed by atoms with E-state index < -0.39 is 0 Å². The van der Waals surface area contributed by atoms with Crippen molar-refractivity contribution in [2.24, 2.45) is 5.92 Å². The van der Waals surface area contributed by atoms with Crippen LogP contribution in [-0.2, 0) is 20.9 Å². The van der Waals surface area contributed by atoms with E-state index in [1.165, 1.54) is 0 Å². The monoisotopic (exact) mass is 276 g/mol. The Bertz CT molecular complexity index is 448. The van der Waals surface area contributed by atoms with Crippen molar-refractivity contribution < 1.29 is 14.3 Å². The van der Waals surface area contributed by atoms with Crippen molar-refractivity contribution in [3.63, 3.8) is 0 Å². The minimum Gasteiger partial charge on any atom is -0.377 e. The average Bonchev–Trinajstić information content (AvgIpc) is 2.90. The van der Waals surface area contributed by atoms with E-state index in [4.69, 9.17) is 4.74 Å². The first-order valence-electron chi connectivity index (χ1n) is 6.92. The van der Waals surface area contributed by atoms with Crippen LogP contribution in [0.3, 0.4) is 0 Å². The third kappa shape index (κ3) is 4.66. The van der Waals surface area contributed by atoms with Gasteiger partial charge in [0.05, 0.1) is 12.5 Å². The molecule has 1 saturated heterocycles. The van der Waals surface area contributed by atoms with Crippen molar-refractivity contribution in [1.82, 2.24) is 10.6 Å². The van der Waals surface area contributed by atoms with Crippen molar-refractivity contribution in [2.75, 3.05) is 19.7 Å². The lowest BCUT2D eigenvalue weighted by Gasteiger charge is -2.09. The Kier molecular flexibility index (Phi) is 5.55. The van der Waals surface area contributed by atoms with Gasteiger partial charge in [0.2, 0.25) is 11.8 Å². The number of ether oxygens (including phenoxy) is 1. The molecule has 5 heteroatoms. The molecule has 1 aromatic rings. The minimum absolute atomic E-state index is 0.0451. The van der Waals surface area contributed by atoms with Crippen LogP contribution in [0.1, 0.15) is 18.4 Å². The summed E-state index contributed by atoms with van der Waals surface area (Å²) in [4.78, 5) is 22.7. The van der Waals surface area contributed by atoms with Crippen molar-refractivity contribution >= 4 is 11.8 Å². The predicted octanol–water partition coefficient (Wildman–Crippen LogP) is 0.846. The smallest absolute Gasteiger partial charge is 0.225 e. The van der Waals surface area contributed by atoms with Crippen molar-refractivity contribution in [3.05, 3.63) is 35.9 Å². The van der Waals surface area contributed by atoms with Gasteiger partial charge in [0, 0.05) is 26.1 Å². The second-order valence-electron chi connectivity index (χ2n) is 4.89. The molecule has 1 fully saturated rings. The lowest BCUT2D eigenvalue weighted by atomic mass is 10.1. The van der Waals surface area contributed by atoms with Gasteiger partial charge in [0.25, 0.3) is 0 Å². The van der Waals surface area contributed by atoms with E-state index in [0.29, 0.717) is 32.7 Å². The molecule has 2 rings (SSSR count). The van der Waals surface area contributed by atoms with Gasteiger partial charge in [-0.05, 0) is 12.0 Å². The number of nitrogens with one attached hydrogen (secondary N) is 2. The summed E-state index contributed by atoms with van der Waals surface area (Å²) in [5, 5.41) is 5.49. The average molecular weight is 276 g/mol. The molecular weight excluding hydrogens is 256 g/mol. The third-order valence-corrected chi connectivity index (χ3v) is 3.22. The lowest BCUT2D eigenvalue weighted by molar-refractivity contribution is -0.126. The minimum atomic E-state index is -0.215. The molecule has 1 aromatic carbocycles. The first-order valence-corrected chi connectivity index (χ1v) is 6.92. The zero-order valence-electron chi connectivity index (χ0n) is 11.4. The molecule has 1 aliphatic rings. The van der Waals surface area contributed by atoms with E-state index in [1.807, 2.05) is 30.3 Å². The van der Waals surface area contributed by atoms with Crippen molar-refractivity contribution in [1.29, 1.82) is 0 Å². The largest absolute Gasteiger partial charge is 0.377 e. The molecule has 1 heterocycles. The van der Waals surface area contributed by atoms with Crippen LogP contribution in [0.15, 0.2) is 30.3 Å². The van der Waals surface area contributed by atoms with Crippen LogP contribution in [0.25, 0.3) is 0 Å². The summed E-state index contributed by atoms with van der Waals surface area (Å²) < 4.78 is 5.53. The maximum Gasteiger partial charge on any atom is 0.225 e.